The van der Waals surface area contributed by atoms with Crippen LogP contribution in [0.15, 0.2) is 83.8 Å². The molecule has 3 rings (SSSR count). The second kappa shape index (κ2) is 14.4. The van der Waals surface area contributed by atoms with Crippen LogP contribution in [-0.2, 0) is 26.2 Å². The van der Waals surface area contributed by atoms with Crippen LogP contribution in [0.5, 0.6) is 0 Å². The Morgan fingerprint density at radius 3 is 2.15 bits per heavy atom. The van der Waals surface area contributed by atoms with Crippen molar-refractivity contribution in [3.8, 4) is 0 Å². The first-order valence-corrected chi connectivity index (χ1v) is 15.0. The van der Waals surface area contributed by atoms with Crippen molar-refractivity contribution in [2.45, 2.75) is 50.6 Å². The van der Waals surface area contributed by atoms with E-state index in [9.17, 15) is 18.0 Å². The highest BCUT2D eigenvalue weighted by atomic mass is 35.5. The summed E-state index contributed by atoms with van der Waals surface area (Å²) < 4.78 is 28.5. The van der Waals surface area contributed by atoms with Gasteiger partial charge in [-0.3, -0.25) is 13.9 Å². The first-order valence-electron chi connectivity index (χ1n) is 12.8. The monoisotopic (exact) mass is 589 g/mol. The number of carbonyl (C=O) groups excluding carboxylic acids is 2. The van der Waals surface area contributed by atoms with Crippen molar-refractivity contribution < 1.29 is 18.0 Å². The van der Waals surface area contributed by atoms with Gasteiger partial charge < -0.3 is 10.2 Å². The Kier molecular flexibility index (Phi) is 11.2. The summed E-state index contributed by atoms with van der Waals surface area (Å²) in [5.41, 5.74) is 0.922. The third kappa shape index (κ3) is 7.97. The van der Waals surface area contributed by atoms with Gasteiger partial charge in [-0.15, -0.1) is 0 Å². The molecule has 208 valence electrons. The Balaban J connectivity index is 2.02. The lowest BCUT2D eigenvalue weighted by Gasteiger charge is -2.33. The minimum Gasteiger partial charge on any atom is -0.354 e. The van der Waals surface area contributed by atoms with Gasteiger partial charge in [0.15, 0.2) is 0 Å². The molecule has 1 atom stereocenters. The molecule has 0 radical (unpaired) electrons. The summed E-state index contributed by atoms with van der Waals surface area (Å²) in [7, 11) is -4.10. The molecule has 0 saturated heterocycles. The first-order chi connectivity index (χ1) is 18.7. The predicted octanol–water partition coefficient (Wildman–Crippen LogP) is 5.91. The van der Waals surface area contributed by atoms with Gasteiger partial charge in [-0.05, 0) is 54.8 Å². The molecule has 0 aliphatic heterocycles. The molecule has 2 amide bonds. The van der Waals surface area contributed by atoms with Crippen LogP contribution >= 0.6 is 23.2 Å². The molecule has 0 aliphatic rings. The molecule has 0 heterocycles. The van der Waals surface area contributed by atoms with E-state index in [0.717, 1.165) is 17.1 Å². The molecule has 3 aromatic carbocycles. The highest BCUT2D eigenvalue weighted by Gasteiger charge is 2.33. The molecule has 0 aliphatic carbocycles. The Morgan fingerprint density at radius 1 is 0.923 bits per heavy atom. The largest absolute Gasteiger partial charge is 0.354 e. The number of benzene rings is 3. The molecule has 0 unspecified atom stereocenters. The van der Waals surface area contributed by atoms with Gasteiger partial charge in [-0.25, -0.2) is 8.42 Å². The highest BCUT2D eigenvalue weighted by molar-refractivity contribution is 7.92. The lowest BCUT2D eigenvalue weighted by molar-refractivity contribution is -0.140. The summed E-state index contributed by atoms with van der Waals surface area (Å²) in [6, 6.07) is 20.5. The van der Waals surface area contributed by atoms with Crippen molar-refractivity contribution in [1.29, 1.82) is 0 Å². The number of hydrogen-bond acceptors (Lipinski definition) is 4. The van der Waals surface area contributed by atoms with Crippen LogP contribution in [-0.4, -0.2) is 44.3 Å². The fraction of sp³-hybridized carbons (Fsp3) is 0.310. The number of carbonyl (C=O) groups is 2. The van der Waals surface area contributed by atoms with Crippen LogP contribution in [0.25, 0.3) is 0 Å². The van der Waals surface area contributed by atoms with E-state index < -0.39 is 28.5 Å². The van der Waals surface area contributed by atoms with E-state index in [1.807, 2.05) is 13.8 Å². The SMILES string of the molecule is CCCCNC(=O)[C@H](CC)N(Cc1ccc(Cl)cc1Cl)C(=O)CN(c1ccccc1)S(=O)(=O)c1ccccc1. The number of sulfonamides is 1. The summed E-state index contributed by atoms with van der Waals surface area (Å²) in [6.45, 7) is 3.80. The summed E-state index contributed by atoms with van der Waals surface area (Å²) >= 11 is 12.5. The highest BCUT2D eigenvalue weighted by Crippen LogP contribution is 2.26. The van der Waals surface area contributed by atoms with Crippen molar-refractivity contribution in [2.75, 3.05) is 17.4 Å². The van der Waals surface area contributed by atoms with E-state index in [1.54, 1.807) is 66.7 Å². The molecule has 0 fully saturated rings. The van der Waals surface area contributed by atoms with Crippen LogP contribution in [0, 0.1) is 0 Å². The number of rotatable bonds is 13. The quantitative estimate of drug-likeness (QED) is 0.251. The van der Waals surface area contributed by atoms with Crippen molar-refractivity contribution >= 4 is 50.7 Å². The smallest absolute Gasteiger partial charge is 0.264 e. The Labute approximate surface area is 240 Å². The van der Waals surface area contributed by atoms with E-state index >= 15 is 0 Å². The summed E-state index contributed by atoms with van der Waals surface area (Å²) in [5.74, 6) is -0.844. The van der Waals surface area contributed by atoms with Gasteiger partial charge in [0.1, 0.15) is 12.6 Å². The molecule has 0 bridgehead atoms. The standard InChI is InChI=1S/C29H33Cl2N3O4S/c1-3-5-18-32-29(36)27(4-2)33(20-22-16-17-23(30)19-26(22)31)28(35)21-34(24-12-8-6-9-13-24)39(37,38)25-14-10-7-11-15-25/h6-17,19,27H,3-5,18,20-21H2,1-2H3,(H,32,36)/t27-/m0/s1. The average molecular weight is 591 g/mol. The van der Waals surface area contributed by atoms with Crippen molar-refractivity contribution in [3.63, 3.8) is 0 Å². The number of nitrogens with zero attached hydrogens (tertiary/aromatic N) is 2. The molecule has 0 spiro atoms. The number of halogens is 2. The third-order valence-electron chi connectivity index (χ3n) is 6.23. The normalized spacial score (nSPS) is 12.0. The predicted molar refractivity (Wildman–Crippen MR) is 156 cm³/mol. The zero-order valence-corrected chi connectivity index (χ0v) is 24.3. The number of amides is 2. The van der Waals surface area contributed by atoms with Gasteiger partial charge in [0.25, 0.3) is 10.0 Å². The number of unbranched alkanes of at least 4 members (excludes halogenated alkanes) is 1. The molecular formula is C29H33Cl2N3O4S. The molecule has 1 N–H and O–H groups in total. The van der Waals surface area contributed by atoms with Gasteiger partial charge >= 0.3 is 0 Å². The maximum atomic E-state index is 14.0. The van der Waals surface area contributed by atoms with E-state index in [2.05, 4.69) is 5.32 Å². The van der Waals surface area contributed by atoms with Crippen LogP contribution < -0.4 is 9.62 Å². The lowest BCUT2D eigenvalue weighted by Crippen LogP contribution is -2.52. The van der Waals surface area contributed by atoms with Gasteiger partial charge in [-0.1, -0.05) is 85.9 Å². The number of hydrogen-bond donors (Lipinski definition) is 1. The van der Waals surface area contributed by atoms with Gasteiger partial charge in [0.05, 0.1) is 10.6 Å². The number of para-hydroxylation sites is 1. The van der Waals surface area contributed by atoms with E-state index in [1.165, 1.54) is 17.0 Å². The van der Waals surface area contributed by atoms with Crippen molar-refractivity contribution in [1.82, 2.24) is 10.2 Å². The second-order valence-corrected chi connectivity index (χ2v) is 11.7. The minimum atomic E-state index is -4.10. The Bertz CT molecular complexity index is 1360. The minimum absolute atomic E-state index is 0.00253. The summed E-state index contributed by atoms with van der Waals surface area (Å²) in [6.07, 6.45) is 2.03. The lowest BCUT2D eigenvalue weighted by atomic mass is 10.1. The first kappa shape index (κ1) is 30.5. The third-order valence-corrected chi connectivity index (χ3v) is 8.60. The van der Waals surface area contributed by atoms with Crippen molar-refractivity contribution in [2.24, 2.45) is 0 Å². The van der Waals surface area contributed by atoms with Gasteiger partial charge in [0.2, 0.25) is 11.8 Å². The van der Waals surface area contributed by atoms with E-state index in [0.29, 0.717) is 34.3 Å². The van der Waals surface area contributed by atoms with Gasteiger partial charge in [-0.2, -0.15) is 0 Å². The summed E-state index contributed by atoms with van der Waals surface area (Å²) in [4.78, 5) is 28.7. The molecule has 0 saturated carbocycles. The fourth-order valence-corrected chi connectivity index (χ4v) is 6.01. The average Bonchev–Trinajstić information content (AvgIpc) is 2.93. The Morgan fingerprint density at radius 2 is 1.56 bits per heavy atom. The van der Waals surface area contributed by atoms with Crippen LogP contribution in [0.2, 0.25) is 10.0 Å². The maximum Gasteiger partial charge on any atom is 0.264 e. The topological polar surface area (TPSA) is 86.8 Å². The molecule has 10 heteroatoms. The zero-order chi connectivity index (χ0) is 28.4. The van der Waals surface area contributed by atoms with E-state index in [4.69, 9.17) is 23.2 Å². The maximum absolute atomic E-state index is 14.0. The second-order valence-electron chi connectivity index (χ2n) is 8.99. The number of nitrogens with one attached hydrogen (secondary N) is 1. The molecule has 3 aromatic rings. The molecular weight excluding hydrogens is 557 g/mol. The molecule has 39 heavy (non-hydrogen) atoms. The van der Waals surface area contributed by atoms with Crippen LogP contribution in [0.3, 0.4) is 0 Å². The van der Waals surface area contributed by atoms with E-state index in [-0.39, 0.29) is 17.3 Å². The number of anilines is 1. The molecule has 7 nitrogen and oxygen atoms in total. The molecule has 0 aromatic heterocycles. The van der Waals surface area contributed by atoms with Crippen molar-refractivity contribution in [3.05, 3.63) is 94.5 Å². The van der Waals surface area contributed by atoms with Crippen LogP contribution in [0.4, 0.5) is 5.69 Å². The Hall–Kier alpha value is -3.07. The zero-order valence-electron chi connectivity index (χ0n) is 22.0. The fourth-order valence-electron chi connectivity index (χ4n) is 4.10. The van der Waals surface area contributed by atoms with Gasteiger partial charge in [0, 0.05) is 23.1 Å². The summed E-state index contributed by atoms with van der Waals surface area (Å²) in [5, 5.41) is 3.69. The van der Waals surface area contributed by atoms with Crippen LogP contribution in [0.1, 0.15) is 38.7 Å².